The molecule has 0 radical (unpaired) electrons. The van der Waals surface area contributed by atoms with Gasteiger partial charge in [-0.1, -0.05) is 6.92 Å². The van der Waals surface area contributed by atoms with Gasteiger partial charge >= 0.3 is 0 Å². The number of likely N-dealkylation sites (N-methyl/N-ethyl adjacent to an activating group) is 1. The van der Waals surface area contributed by atoms with Crippen LogP contribution in [0.5, 0.6) is 0 Å². The van der Waals surface area contributed by atoms with Gasteiger partial charge in [0.1, 0.15) is 0 Å². The van der Waals surface area contributed by atoms with E-state index in [2.05, 4.69) is 43.1 Å². The van der Waals surface area contributed by atoms with Crippen LogP contribution in [0.15, 0.2) is 29.2 Å². The van der Waals surface area contributed by atoms with Crippen LogP contribution in [-0.4, -0.2) is 24.9 Å². The molecule has 1 saturated carbocycles. The van der Waals surface area contributed by atoms with Gasteiger partial charge in [0, 0.05) is 29.7 Å². The third-order valence-electron chi connectivity index (χ3n) is 3.03. The van der Waals surface area contributed by atoms with Crippen molar-refractivity contribution in [3.05, 3.63) is 24.3 Å². The molecule has 2 nitrogen and oxygen atoms in total. The molecule has 0 atom stereocenters. The first-order valence-corrected chi connectivity index (χ1v) is 6.84. The molecule has 0 unspecified atom stereocenters. The standard InChI is InChI=1S/C13H20N2S/c1-3-16-12-6-4-11(5-7-12)15(2)10-13(14)8-9-13/h4-7H,3,8-10,14H2,1-2H3. The van der Waals surface area contributed by atoms with E-state index in [1.165, 1.54) is 23.4 Å². The molecule has 3 heteroatoms. The Morgan fingerprint density at radius 2 is 1.94 bits per heavy atom. The van der Waals surface area contributed by atoms with Crippen molar-refractivity contribution in [3.63, 3.8) is 0 Å². The number of rotatable bonds is 5. The normalized spacial score (nSPS) is 17.2. The number of benzene rings is 1. The minimum absolute atomic E-state index is 0.0889. The maximum atomic E-state index is 6.12. The summed E-state index contributed by atoms with van der Waals surface area (Å²) in [5.41, 5.74) is 7.47. The van der Waals surface area contributed by atoms with Gasteiger partial charge in [-0.2, -0.15) is 0 Å². The topological polar surface area (TPSA) is 29.3 Å². The largest absolute Gasteiger partial charge is 0.373 e. The summed E-state index contributed by atoms with van der Waals surface area (Å²) in [4.78, 5) is 3.60. The van der Waals surface area contributed by atoms with Crippen molar-refractivity contribution in [2.75, 3.05) is 24.2 Å². The lowest BCUT2D eigenvalue weighted by Gasteiger charge is -2.23. The molecule has 0 aromatic heterocycles. The zero-order chi connectivity index (χ0) is 11.6. The first kappa shape index (κ1) is 11.8. The molecule has 2 rings (SSSR count). The van der Waals surface area contributed by atoms with E-state index in [4.69, 9.17) is 5.73 Å². The fourth-order valence-electron chi connectivity index (χ4n) is 1.85. The van der Waals surface area contributed by atoms with Crippen molar-refractivity contribution in [2.24, 2.45) is 5.73 Å². The molecule has 0 amide bonds. The zero-order valence-electron chi connectivity index (χ0n) is 10.1. The highest BCUT2D eigenvalue weighted by atomic mass is 32.2. The Morgan fingerprint density at radius 3 is 2.44 bits per heavy atom. The highest BCUT2D eigenvalue weighted by molar-refractivity contribution is 7.99. The number of anilines is 1. The average molecular weight is 236 g/mol. The molecule has 88 valence electrons. The predicted molar refractivity (Wildman–Crippen MR) is 72.3 cm³/mol. The first-order valence-electron chi connectivity index (χ1n) is 5.86. The molecule has 1 aromatic rings. The van der Waals surface area contributed by atoms with E-state index in [9.17, 15) is 0 Å². The van der Waals surface area contributed by atoms with Crippen molar-refractivity contribution in [2.45, 2.75) is 30.2 Å². The molecule has 1 fully saturated rings. The molecule has 1 aliphatic carbocycles. The summed E-state index contributed by atoms with van der Waals surface area (Å²) in [5.74, 6) is 1.13. The zero-order valence-corrected chi connectivity index (χ0v) is 10.9. The van der Waals surface area contributed by atoms with Crippen LogP contribution in [0.25, 0.3) is 0 Å². The third-order valence-corrected chi connectivity index (χ3v) is 3.93. The van der Waals surface area contributed by atoms with Crippen LogP contribution in [0.4, 0.5) is 5.69 Å². The molecule has 0 aliphatic heterocycles. The second-order valence-electron chi connectivity index (χ2n) is 4.65. The number of nitrogens with two attached hydrogens (primary N) is 1. The minimum atomic E-state index is 0.0889. The summed E-state index contributed by atoms with van der Waals surface area (Å²) >= 11 is 1.88. The van der Waals surface area contributed by atoms with E-state index >= 15 is 0 Å². The lowest BCUT2D eigenvalue weighted by Crippen LogP contribution is -2.37. The molecule has 0 heterocycles. The number of thioether (sulfide) groups is 1. The van der Waals surface area contributed by atoms with E-state index in [0.717, 1.165) is 12.3 Å². The van der Waals surface area contributed by atoms with Gasteiger partial charge < -0.3 is 10.6 Å². The highest BCUT2D eigenvalue weighted by Gasteiger charge is 2.39. The Hall–Kier alpha value is -0.670. The van der Waals surface area contributed by atoms with Crippen LogP contribution in [0, 0.1) is 0 Å². The molecular weight excluding hydrogens is 216 g/mol. The van der Waals surface area contributed by atoms with Crippen molar-refractivity contribution in [1.82, 2.24) is 0 Å². The van der Waals surface area contributed by atoms with Crippen molar-refractivity contribution in [3.8, 4) is 0 Å². The minimum Gasteiger partial charge on any atom is -0.373 e. The fourth-order valence-corrected chi connectivity index (χ4v) is 2.51. The van der Waals surface area contributed by atoms with E-state index in [-0.39, 0.29) is 5.54 Å². The van der Waals surface area contributed by atoms with Crippen LogP contribution in [-0.2, 0) is 0 Å². The van der Waals surface area contributed by atoms with Gasteiger partial charge in [-0.3, -0.25) is 0 Å². The number of hydrogen-bond donors (Lipinski definition) is 1. The van der Waals surface area contributed by atoms with E-state index in [1.807, 2.05) is 11.8 Å². The monoisotopic (exact) mass is 236 g/mol. The first-order chi connectivity index (χ1) is 7.63. The lowest BCUT2D eigenvalue weighted by molar-refractivity contribution is 0.660. The second-order valence-corrected chi connectivity index (χ2v) is 5.98. The highest BCUT2D eigenvalue weighted by Crippen LogP contribution is 2.34. The predicted octanol–water partition coefficient (Wildman–Crippen LogP) is 2.73. The summed E-state index contributed by atoms with van der Waals surface area (Å²) in [6, 6.07) is 8.75. The number of hydrogen-bond acceptors (Lipinski definition) is 3. The van der Waals surface area contributed by atoms with Gasteiger partial charge in [-0.05, 0) is 42.9 Å². The lowest BCUT2D eigenvalue weighted by atomic mass is 10.2. The van der Waals surface area contributed by atoms with Crippen LogP contribution >= 0.6 is 11.8 Å². The summed E-state index contributed by atoms with van der Waals surface area (Å²) in [6.45, 7) is 3.14. The average Bonchev–Trinajstić information content (AvgIpc) is 2.97. The van der Waals surface area contributed by atoms with Gasteiger partial charge in [0.25, 0.3) is 0 Å². The smallest absolute Gasteiger partial charge is 0.0365 e. The van der Waals surface area contributed by atoms with Crippen LogP contribution < -0.4 is 10.6 Å². The fraction of sp³-hybridized carbons (Fsp3) is 0.538. The maximum absolute atomic E-state index is 6.12. The van der Waals surface area contributed by atoms with Crippen LogP contribution in [0.1, 0.15) is 19.8 Å². The van der Waals surface area contributed by atoms with Crippen LogP contribution in [0.3, 0.4) is 0 Å². The van der Waals surface area contributed by atoms with E-state index in [0.29, 0.717) is 0 Å². The van der Waals surface area contributed by atoms with Gasteiger partial charge in [0.2, 0.25) is 0 Å². The molecule has 0 spiro atoms. The van der Waals surface area contributed by atoms with Gasteiger partial charge in [0.15, 0.2) is 0 Å². The summed E-state index contributed by atoms with van der Waals surface area (Å²) in [5, 5.41) is 0. The quantitative estimate of drug-likeness (QED) is 0.797. The SMILES string of the molecule is CCSc1ccc(N(C)CC2(N)CC2)cc1. The molecule has 0 saturated heterocycles. The van der Waals surface area contributed by atoms with Crippen molar-refractivity contribution < 1.29 is 0 Å². The maximum Gasteiger partial charge on any atom is 0.0365 e. The molecule has 1 aromatic carbocycles. The van der Waals surface area contributed by atoms with E-state index in [1.54, 1.807) is 0 Å². The Bertz CT molecular complexity index is 343. The number of nitrogens with zero attached hydrogens (tertiary/aromatic N) is 1. The molecule has 16 heavy (non-hydrogen) atoms. The second kappa shape index (κ2) is 4.68. The van der Waals surface area contributed by atoms with Gasteiger partial charge in [-0.15, -0.1) is 11.8 Å². The van der Waals surface area contributed by atoms with Gasteiger partial charge in [0.05, 0.1) is 0 Å². The van der Waals surface area contributed by atoms with Crippen molar-refractivity contribution >= 4 is 17.4 Å². The Morgan fingerprint density at radius 1 is 1.31 bits per heavy atom. The van der Waals surface area contributed by atoms with Crippen LogP contribution in [0.2, 0.25) is 0 Å². The summed E-state index contributed by atoms with van der Waals surface area (Å²) in [6.07, 6.45) is 2.34. The molecule has 0 bridgehead atoms. The van der Waals surface area contributed by atoms with Crippen molar-refractivity contribution in [1.29, 1.82) is 0 Å². The Labute approximate surface area is 102 Å². The Balaban J connectivity index is 1.97. The molecule has 2 N–H and O–H groups in total. The summed E-state index contributed by atoms with van der Waals surface area (Å²) in [7, 11) is 2.12. The third kappa shape index (κ3) is 2.92. The van der Waals surface area contributed by atoms with E-state index < -0.39 is 0 Å². The summed E-state index contributed by atoms with van der Waals surface area (Å²) < 4.78 is 0. The molecular formula is C13H20N2S. The molecule has 1 aliphatic rings. The Kier molecular flexibility index (Phi) is 3.45. The van der Waals surface area contributed by atoms with Gasteiger partial charge in [-0.25, -0.2) is 0 Å².